The van der Waals surface area contributed by atoms with Crippen LogP contribution in [-0.2, 0) is 4.79 Å². The zero-order valence-electron chi connectivity index (χ0n) is 13.3. The molecule has 0 aliphatic carbocycles. The van der Waals surface area contributed by atoms with Crippen molar-refractivity contribution in [2.45, 2.75) is 14.1 Å². The van der Waals surface area contributed by atoms with E-state index in [4.69, 9.17) is 0 Å². The summed E-state index contributed by atoms with van der Waals surface area (Å²) < 4.78 is 0.783. The van der Waals surface area contributed by atoms with Crippen LogP contribution in [0, 0.1) is 0 Å². The number of anilines is 3. The summed E-state index contributed by atoms with van der Waals surface area (Å²) in [6.45, 7) is 0. The largest absolute Gasteiger partial charge is 0.363 e. The van der Waals surface area contributed by atoms with E-state index in [0.717, 1.165) is 30.6 Å². The summed E-state index contributed by atoms with van der Waals surface area (Å²) in [5.74, 6) is 0.345. The molecule has 1 amide bonds. The first-order valence-electron chi connectivity index (χ1n) is 7.59. The molecule has 0 bridgehead atoms. The molecular weight excluding hydrogens is 372 g/mol. The quantitative estimate of drug-likeness (QED) is 0.666. The predicted molar refractivity (Wildman–Crippen MR) is 104 cm³/mol. The second-order valence-corrected chi connectivity index (χ2v) is 8.46. The number of aromatic nitrogens is 2. The number of para-hydroxylation sites is 2. The van der Waals surface area contributed by atoms with Crippen LogP contribution in [0.4, 0.5) is 16.5 Å². The Kier molecular flexibility index (Phi) is 4.65. The van der Waals surface area contributed by atoms with E-state index >= 15 is 0 Å². The minimum Gasteiger partial charge on any atom is -0.363 e. The molecule has 2 aromatic carbocycles. The number of thioether (sulfide) groups is 1. The van der Waals surface area contributed by atoms with Crippen molar-refractivity contribution in [2.24, 2.45) is 0 Å². The van der Waals surface area contributed by atoms with Gasteiger partial charge in [-0.15, -0.1) is 10.2 Å². The van der Waals surface area contributed by atoms with Gasteiger partial charge < -0.3 is 5.32 Å². The number of hydrogen-bond donors (Lipinski definition) is 1. The number of nitrogens with one attached hydrogen (secondary N) is 1. The summed E-state index contributed by atoms with van der Waals surface area (Å²) >= 11 is 4.56. The van der Waals surface area contributed by atoms with E-state index in [1.165, 1.54) is 23.1 Å². The number of fused-ring (bicyclic) bond motifs is 2. The molecule has 2 heterocycles. The fourth-order valence-electron chi connectivity index (χ4n) is 2.53. The summed E-state index contributed by atoms with van der Waals surface area (Å²) in [5.41, 5.74) is 1.87. The fourth-order valence-corrected chi connectivity index (χ4v) is 5.14. The van der Waals surface area contributed by atoms with Gasteiger partial charge in [-0.05, 0) is 24.3 Å². The summed E-state index contributed by atoms with van der Waals surface area (Å²) in [4.78, 5) is 17.0. The monoisotopic (exact) mass is 386 g/mol. The average Bonchev–Trinajstić information content (AvgIpc) is 3.12. The topological polar surface area (TPSA) is 58.1 Å². The number of benzene rings is 2. The molecule has 1 aliphatic rings. The molecule has 0 radical (unpaired) electrons. The highest BCUT2D eigenvalue weighted by Gasteiger charge is 2.27. The lowest BCUT2D eigenvalue weighted by molar-refractivity contribution is -0.115. The van der Waals surface area contributed by atoms with Crippen molar-refractivity contribution in [3.63, 3.8) is 0 Å². The third-order valence-electron chi connectivity index (χ3n) is 3.62. The Labute approximate surface area is 157 Å². The predicted octanol–water partition coefficient (Wildman–Crippen LogP) is 4.50. The maximum absolute atomic E-state index is 13.0. The lowest BCUT2D eigenvalue weighted by Gasteiger charge is -2.30. The van der Waals surface area contributed by atoms with E-state index in [1.807, 2.05) is 53.4 Å². The van der Waals surface area contributed by atoms with Crippen LogP contribution in [0.15, 0.2) is 62.7 Å². The van der Waals surface area contributed by atoms with Crippen LogP contribution in [0.2, 0.25) is 0 Å². The van der Waals surface area contributed by atoms with Crippen LogP contribution in [0.5, 0.6) is 0 Å². The van der Waals surface area contributed by atoms with Crippen molar-refractivity contribution >= 4 is 57.3 Å². The highest BCUT2D eigenvalue weighted by atomic mass is 32.2. The molecule has 5 nitrogen and oxygen atoms in total. The van der Waals surface area contributed by atoms with E-state index < -0.39 is 0 Å². The second kappa shape index (κ2) is 7.07. The van der Waals surface area contributed by atoms with Crippen molar-refractivity contribution < 1.29 is 4.79 Å². The normalized spacial score (nSPS) is 12.4. The molecule has 0 saturated heterocycles. The van der Waals surface area contributed by atoms with Crippen molar-refractivity contribution in [1.82, 2.24) is 10.2 Å². The van der Waals surface area contributed by atoms with E-state index in [1.54, 1.807) is 18.8 Å². The van der Waals surface area contributed by atoms with E-state index in [-0.39, 0.29) is 5.91 Å². The zero-order valence-corrected chi connectivity index (χ0v) is 15.8. The lowest BCUT2D eigenvalue weighted by atomic mass is 10.2. The Morgan fingerprint density at radius 1 is 1.08 bits per heavy atom. The number of carbonyl (C=O) groups is 1. The fraction of sp³-hybridized carbons (Fsp3) is 0.118. The van der Waals surface area contributed by atoms with Gasteiger partial charge in [0.25, 0.3) is 0 Å². The van der Waals surface area contributed by atoms with Crippen LogP contribution in [-0.4, -0.2) is 28.9 Å². The molecule has 8 heteroatoms. The summed E-state index contributed by atoms with van der Waals surface area (Å²) in [6.07, 6.45) is 0. The molecule has 0 atom stereocenters. The minimum absolute atomic E-state index is 0.0337. The van der Waals surface area contributed by atoms with Crippen LogP contribution in [0.25, 0.3) is 0 Å². The molecule has 1 aliphatic heterocycles. The highest BCUT2D eigenvalue weighted by molar-refractivity contribution is 8.01. The van der Waals surface area contributed by atoms with Crippen molar-refractivity contribution in [2.75, 3.05) is 23.0 Å². The maximum atomic E-state index is 13.0. The van der Waals surface area contributed by atoms with E-state index in [2.05, 4.69) is 15.5 Å². The number of amides is 1. The molecule has 0 fully saturated rings. The standard InChI is InChI=1S/C17H14N4OS3/c1-18-16-19-20-17(25-16)23-10-15(22)21-11-6-2-4-8-13(11)24-14-9-5-3-7-12(14)21/h2-9H,10H2,1H3,(H,18,19). The molecule has 0 spiro atoms. The summed E-state index contributed by atoms with van der Waals surface area (Å²) in [5, 5.41) is 11.8. The van der Waals surface area contributed by atoms with Gasteiger partial charge >= 0.3 is 0 Å². The SMILES string of the molecule is CNc1nnc(SCC(=O)N2c3ccccc3Sc3ccccc32)s1. The van der Waals surface area contributed by atoms with Crippen molar-refractivity contribution in [3.8, 4) is 0 Å². The molecule has 0 unspecified atom stereocenters. The second-order valence-electron chi connectivity index (χ2n) is 5.18. The van der Waals surface area contributed by atoms with Gasteiger partial charge in [0.2, 0.25) is 11.0 Å². The highest BCUT2D eigenvalue weighted by Crippen LogP contribution is 2.48. The van der Waals surface area contributed by atoms with Crippen LogP contribution >= 0.6 is 34.9 Å². The van der Waals surface area contributed by atoms with Gasteiger partial charge in [-0.3, -0.25) is 9.69 Å². The molecule has 1 N–H and O–H groups in total. The smallest absolute Gasteiger partial charge is 0.242 e. The van der Waals surface area contributed by atoms with Crippen molar-refractivity contribution in [1.29, 1.82) is 0 Å². The Morgan fingerprint density at radius 3 is 2.32 bits per heavy atom. The van der Waals surface area contributed by atoms with Gasteiger partial charge in [0.05, 0.1) is 17.1 Å². The Hall–Kier alpha value is -2.03. The Balaban J connectivity index is 1.61. The van der Waals surface area contributed by atoms with Crippen LogP contribution in [0.1, 0.15) is 0 Å². The van der Waals surface area contributed by atoms with E-state index in [0.29, 0.717) is 5.75 Å². The molecule has 25 heavy (non-hydrogen) atoms. The third kappa shape index (κ3) is 3.24. The van der Waals surface area contributed by atoms with Gasteiger partial charge in [0.15, 0.2) is 4.34 Å². The lowest BCUT2D eigenvalue weighted by Crippen LogP contribution is -2.29. The number of rotatable bonds is 4. The summed E-state index contributed by atoms with van der Waals surface area (Å²) in [7, 11) is 1.80. The van der Waals surface area contributed by atoms with Gasteiger partial charge in [-0.2, -0.15) is 0 Å². The number of carbonyl (C=O) groups excluding carboxylic acids is 1. The van der Waals surface area contributed by atoms with Gasteiger partial charge in [-0.25, -0.2) is 0 Å². The first kappa shape index (κ1) is 16.4. The van der Waals surface area contributed by atoms with Crippen molar-refractivity contribution in [3.05, 3.63) is 48.5 Å². The average molecular weight is 387 g/mol. The number of nitrogens with zero attached hydrogens (tertiary/aromatic N) is 3. The van der Waals surface area contributed by atoms with E-state index in [9.17, 15) is 4.79 Å². The molecule has 0 saturated carbocycles. The molecule has 3 aromatic rings. The molecule has 4 rings (SSSR count). The first-order valence-corrected chi connectivity index (χ1v) is 10.2. The van der Waals surface area contributed by atoms with Gasteiger partial charge in [0, 0.05) is 16.8 Å². The maximum Gasteiger partial charge on any atom is 0.242 e. The minimum atomic E-state index is 0.0337. The van der Waals surface area contributed by atoms with Gasteiger partial charge in [-0.1, -0.05) is 59.1 Å². The number of hydrogen-bond acceptors (Lipinski definition) is 7. The molecular formula is C17H14N4OS3. The Bertz CT molecular complexity index is 882. The first-order chi connectivity index (χ1) is 12.3. The molecule has 1 aromatic heterocycles. The van der Waals surface area contributed by atoms with Crippen LogP contribution < -0.4 is 10.2 Å². The molecule has 126 valence electrons. The van der Waals surface area contributed by atoms with Crippen LogP contribution in [0.3, 0.4) is 0 Å². The third-order valence-corrected chi connectivity index (χ3v) is 6.81. The Morgan fingerprint density at radius 2 is 1.72 bits per heavy atom. The zero-order chi connectivity index (χ0) is 17.2. The van der Waals surface area contributed by atoms with Gasteiger partial charge in [0.1, 0.15) is 0 Å². The summed E-state index contributed by atoms with van der Waals surface area (Å²) in [6, 6.07) is 16.0.